The van der Waals surface area contributed by atoms with Gasteiger partial charge in [0, 0.05) is 25.3 Å². The van der Waals surface area contributed by atoms with Gasteiger partial charge in [0.25, 0.3) is 0 Å². The van der Waals surface area contributed by atoms with Crippen LogP contribution in [0.3, 0.4) is 0 Å². The Labute approximate surface area is 68.1 Å². The predicted octanol–water partition coefficient (Wildman–Crippen LogP) is 0.0875. The van der Waals surface area contributed by atoms with Crippen LogP contribution < -0.4 is 11.5 Å². The molecule has 66 valence electrons. The molecule has 1 fully saturated rings. The quantitative estimate of drug-likeness (QED) is 0.598. The van der Waals surface area contributed by atoms with Gasteiger partial charge in [-0.25, -0.2) is 0 Å². The van der Waals surface area contributed by atoms with Crippen molar-refractivity contribution < 1.29 is 4.74 Å². The van der Waals surface area contributed by atoms with Gasteiger partial charge in [0.2, 0.25) is 0 Å². The molecule has 2 unspecified atom stereocenters. The summed E-state index contributed by atoms with van der Waals surface area (Å²) in [6, 6.07) is 0.261. The average molecular weight is 158 g/mol. The molecule has 4 N–H and O–H groups in total. The van der Waals surface area contributed by atoms with Gasteiger partial charge in [-0.3, -0.25) is 0 Å². The third-order valence-electron chi connectivity index (χ3n) is 2.42. The van der Waals surface area contributed by atoms with Crippen LogP contribution in [0.25, 0.3) is 0 Å². The molecule has 3 heteroatoms. The maximum absolute atomic E-state index is 5.91. The molecule has 1 aliphatic rings. The van der Waals surface area contributed by atoms with Crippen molar-refractivity contribution in [1.82, 2.24) is 0 Å². The Morgan fingerprint density at radius 3 is 2.27 bits per heavy atom. The van der Waals surface area contributed by atoms with Gasteiger partial charge >= 0.3 is 0 Å². The first-order valence-corrected chi connectivity index (χ1v) is 4.30. The Hall–Kier alpha value is -0.120. The van der Waals surface area contributed by atoms with Crippen molar-refractivity contribution in [1.29, 1.82) is 0 Å². The lowest BCUT2D eigenvalue weighted by atomic mass is 9.89. The molecule has 11 heavy (non-hydrogen) atoms. The van der Waals surface area contributed by atoms with E-state index in [0.717, 1.165) is 26.1 Å². The lowest BCUT2D eigenvalue weighted by Gasteiger charge is -2.29. The Morgan fingerprint density at radius 1 is 1.27 bits per heavy atom. The van der Waals surface area contributed by atoms with Gasteiger partial charge in [0.05, 0.1) is 0 Å². The highest BCUT2D eigenvalue weighted by Gasteiger charge is 2.22. The topological polar surface area (TPSA) is 61.3 Å². The van der Waals surface area contributed by atoms with Crippen LogP contribution in [-0.2, 0) is 4.74 Å². The molecule has 0 amide bonds. The predicted molar refractivity (Wildman–Crippen MR) is 45.2 cm³/mol. The summed E-state index contributed by atoms with van der Waals surface area (Å²) in [6.45, 7) is 3.68. The molecule has 3 nitrogen and oxygen atoms in total. The van der Waals surface area contributed by atoms with Gasteiger partial charge in [-0.15, -0.1) is 0 Å². The lowest BCUT2D eigenvalue weighted by Crippen LogP contribution is -2.46. The fourth-order valence-electron chi connectivity index (χ4n) is 1.53. The highest BCUT2D eigenvalue weighted by atomic mass is 16.5. The molecule has 0 bridgehead atoms. The molecule has 1 heterocycles. The van der Waals surface area contributed by atoms with Crippen LogP contribution in [-0.4, -0.2) is 25.3 Å². The van der Waals surface area contributed by atoms with Gasteiger partial charge in [-0.05, 0) is 25.7 Å². The average Bonchev–Trinajstić information content (AvgIpc) is 2.05. The fourth-order valence-corrected chi connectivity index (χ4v) is 1.53. The van der Waals surface area contributed by atoms with Crippen molar-refractivity contribution in [3.63, 3.8) is 0 Å². The van der Waals surface area contributed by atoms with Crippen molar-refractivity contribution >= 4 is 0 Å². The van der Waals surface area contributed by atoms with E-state index >= 15 is 0 Å². The van der Waals surface area contributed by atoms with E-state index in [0.29, 0.717) is 5.92 Å². The number of hydrogen-bond acceptors (Lipinski definition) is 3. The van der Waals surface area contributed by atoms with E-state index in [1.165, 1.54) is 0 Å². The van der Waals surface area contributed by atoms with Crippen LogP contribution in [0, 0.1) is 5.92 Å². The molecule has 0 radical (unpaired) electrons. The van der Waals surface area contributed by atoms with E-state index in [1.807, 2.05) is 6.92 Å². The van der Waals surface area contributed by atoms with E-state index < -0.39 is 0 Å². The second-order valence-electron chi connectivity index (χ2n) is 3.39. The molecule has 0 aromatic rings. The molecule has 0 aromatic heterocycles. The van der Waals surface area contributed by atoms with Crippen LogP contribution >= 0.6 is 0 Å². The molecule has 0 aliphatic carbocycles. The second-order valence-corrected chi connectivity index (χ2v) is 3.39. The molecule has 0 saturated carbocycles. The van der Waals surface area contributed by atoms with Crippen molar-refractivity contribution in [2.24, 2.45) is 17.4 Å². The Balaban J connectivity index is 2.32. The van der Waals surface area contributed by atoms with Gasteiger partial charge in [0.15, 0.2) is 0 Å². The van der Waals surface area contributed by atoms with E-state index in [4.69, 9.17) is 16.2 Å². The number of nitrogens with two attached hydrogens (primary N) is 2. The number of hydrogen-bond donors (Lipinski definition) is 2. The van der Waals surface area contributed by atoms with Crippen molar-refractivity contribution in [2.75, 3.05) is 13.2 Å². The van der Waals surface area contributed by atoms with Crippen molar-refractivity contribution in [2.45, 2.75) is 31.8 Å². The summed E-state index contributed by atoms with van der Waals surface area (Å²) >= 11 is 0. The first-order valence-electron chi connectivity index (χ1n) is 4.30. The van der Waals surface area contributed by atoms with Crippen LogP contribution in [0.2, 0.25) is 0 Å². The first-order chi connectivity index (χ1) is 5.22. The van der Waals surface area contributed by atoms with Crippen molar-refractivity contribution in [3.8, 4) is 0 Å². The third kappa shape index (κ3) is 2.43. The summed E-state index contributed by atoms with van der Waals surface area (Å²) in [7, 11) is 0. The molecule has 0 spiro atoms. The molecule has 1 saturated heterocycles. The first kappa shape index (κ1) is 8.97. The van der Waals surface area contributed by atoms with E-state index in [1.54, 1.807) is 0 Å². The zero-order chi connectivity index (χ0) is 8.27. The summed E-state index contributed by atoms with van der Waals surface area (Å²) in [6.07, 6.45) is 2.14. The minimum Gasteiger partial charge on any atom is -0.381 e. The van der Waals surface area contributed by atoms with E-state index in [-0.39, 0.29) is 12.1 Å². The minimum absolute atomic E-state index is 0.109. The van der Waals surface area contributed by atoms with Gasteiger partial charge in [-0.2, -0.15) is 0 Å². The summed E-state index contributed by atoms with van der Waals surface area (Å²) in [5.41, 5.74) is 11.6. The molecule has 1 aliphatic heterocycles. The summed E-state index contributed by atoms with van der Waals surface area (Å²) in [5, 5.41) is 0. The third-order valence-corrected chi connectivity index (χ3v) is 2.42. The van der Waals surface area contributed by atoms with Crippen LogP contribution in [0.1, 0.15) is 19.8 Å². The second kappa shape index (κ2) is 4.04. The maximum Gasteiger partial charge on any atom is 0.0469 e. The molecule has 2 atom stereocenters. The number of ether oxygens (including phenoxy) is 1. The Kier molecular flexibility index (Phi) is 3.30. The van der Waals surface area contributed by atoms with Crippen molar-refractivity contribution in [3.05, 3.63) is 0 Å². The highest BCUT2D eigenvalue weighted by molar-refractivity contribution is 4.81. The standard InChI is InChI=1S/C8H18N2O/c1-6(9)8(10)7-2-4-11-5-3-7/h6-8H,2-5,9-10H2,1H3. The molecule has 1 rings (SSSR count). The molecular formula is C8H18N2O. The Bertz CT molecular complexity index is 111. The zero-order valence-electron chi connectivity index (χ0n) is 7.12. The largest absolute Gasteiger partial charge is 0.381 e. The van der Waals surface area contributed by atoms with Gasteiger partial charge in [-0.1, -0.05) is 0 Å². The normalized spacial score (nSPS) is 26.5. The van der Waals surface area contributed by atoms with E-state index in [2.05, 4.69) is 0 Å². The number of rotatable bonds is 2. The van der Waals surface area contributed by atoms with Crippen LogP contribution in [0.5, 0.6) is 0 Å². The minimum atomic E-state index is 0.109. The molecule has 0 aromatic carbocycles. The smallest absolute Gasteiger partial charge is 0.0469 e. The van der Waals surface area contributed by atoms with Gasteiger partial charge < -0.3 is 16.2 Å². The Morgan fingerprint density at radius 2 is 1.82 bits per heavy atom. The zero-order valence-corrected chi connectivity index (χ0v) is 7.12. The monoisotopic (exact) mass is 158 g/mol. The van der Waals surface area contributed by atoms with E-state index in [9.17, 15) is 0 Å². The molecular weight excluding hydrogens is 140 g/mol. The highest BCUT2D eigenvalue weighted by Crippen LogP contribution is 2.18. The van der Waals surface area contributed by atoms with Crippen LogP contribution in [0.15, 0.2) is 0 Å². The fraction of sp³-hybridized carbons (Fsp3) is 1.00. The summed E-state index contributed by atoms with van der Waals surface area (Å²) < 4.78 is 5.23. The lowest BCUT2D eigenvalue weighted by molar-refractivity contribution is 0.0562. The van der Waals surface area contributed by atoms with Gasteiger partial charge in [0.1, 0.15) is 0 Å². The summed E-state index contributed by atoms with van der Waals surface area (Å²) in [4.78, 5) is 0. The summed E-state index contributed by atoms with van der Waals surface area (Å²) in [5.74, 6) is 0.573. The van der Waals surface area contributed by atoms with Crippen LogP contribution in [0.4, 0.5) is 0 Å². The maximum atomic E-state index is 5.91. The SMILES string of the molecule is CC(N)C(N)C1CCOCC1.